The fraction of sp³-hybridized carbons (Fsp3) is 1.00. The molecule has 1 aliphatic rings. The van der Waals surface area contributed by atoms with Gasteiger partial charge in [-0.2, -0.15) is 0 Å². The maximum Gasteiger partial charge on any atom is 0.211 e. The van der Waals surface area contributed by atoms with Crippen molar-refractivity contribution < 1.29 is 8.42 Å². The third-order valence-corrected chi connectivity index (χ3v) is 3.20. The standard InChI is InChI=1S/C6H14N2O2S/c1-2-11(9,10)8-5-6-3-7-4-6/h6-8H,2-5H2,1H3. The van der Waals surface area contributed by atoms with Crippen LogP contribution in [-0.4, -0.2) is 33.8 Å². The lowest BCUT2D eigenvalue weighted by molar-refractivity contribution is 0.347. The van der Waals surface area contributed by atoms with E-state index in [1.54, 1.807) is 6.92 Å². The maximum atomic E-state index is 10.9. The lowest BCUT2D eigenvalue weighted by atomic mass is 10.1. The molecular formula is C6H14N2O2S. The molecule has 0 aromatic rings. The largest absolute Gasteiger partial charge is 0.316 e. The molecule has 1 aliphatic heterocycles. The van der Waals surface area contributed by atoms with Crippen molar-refractivity contribution in [3.8, 4) is 0 Å². The highest BCUT2D eigenvalue weighted by Crippen LogP contribution is 2.00. The zero-order valence-electron chi connectivity index (χ0n) is 6.63. The molecular weight excluding hydrogens is 164 g/mol. The number of sulfonamides is 1. The Hall–Kier alpha value is -0.130. The van der Waals surface area contributed by atoms with E-state index >= 15 is 0 Å². The summed E-state index contributed by atoms with van der Waals surface area (Å²) in [6, 6.07) is 0. The molecule has 0 bridgehead atoms. The van der Waals surface area contributed by atoms with Crippen molar-refractivity contribution in [3.63, 3.8) is 0 Å². The molecule has 1 saturated heterocycles. The van der Waals surface area contributed by atoms with Crippen LogP contribution in [0.2, 0.25) is 0 Å². The predicted octanol–water partition coefficient (Wildman–Crippen LogP) is -0.855. The molecule has 5 heteroatoms. The van der Waals surface area contributed by atoms with Crippen LogP contribution in [0.3, 0.4) is 0 Å². The molecule has 0 unspecified atom stereocenters. The van der Waals surface area contributed by atoms with Gasteiger partial charge in [0.2, 0.25) is 10.0 Å². The van der Waals surface area contributed by atoms with E-state index in [4.69, 9.17) is 0 Å². The van der Waals surface area contributed by atoms with E-state index in [0.717, 1.165) is 13.1 Å². The van der Waals surface area contributed by atoms with Gasteiger partial charge in [0, 0.05) is 19.6 Å². The molecule has 0 atom stereocenters. The van der Waals surface area contributed by atoms with Crippen LogP contribution in [0.4, 0.5) is 0 Å². The normalized spacial score (nSPS) is 19.7. The summed E-state index contributed by atoms with van der Waals surface area (Å²) in [5.41, 5.74) is 0. The van der Waals surface area contributed by atoms with Crippen LogP contribution in [0.1, 0.15) is 6.92 Å². The molecule has 0 spiro atoms. The average Bonchev–Trinajstić information content (AvgIpc) is 1.84. The predicted molar refractivity (Wildman–Crippen MR) is 43.8 cm³/mol. The summed E-state index contributed by atoms with van der Waals surface area (Å²) in [7, 11) is -2.97. The highest BCUT2D eigenvalue weighted by atomic mass is 32.2. The molecule has 0 saturated carbocycles. The summed E-state index contributed by atoms with van der Waals surface area (Å²) in [5.74, 6) is 0.670. The van der Waals surface area contributed by atoms with Gasteiger partial charge in [0.25, 0.3) is 0 Å². The average molecular weight is 178 g/mol. The molecule has 0 aromatic heterocycles. The van der Waals surface area contributed by atoms with Gasteiger partial charge in [-0.15, -0.1) is 0 Å². The van der Waals surface area contributed by atoms with Crippen LogP contribution < -0.4 is 10.0 Å². The van der Waals surface area contributed by atoms with E-state index < -0.39 is 10.0 Å². The van der Waals surface area contributed by atoms with E-state index in [9.17, 15) is 8.42 Å². The second kappa shape index (κ2) is 3.51. The Labute approximate surface area is 67.4 Å². The Kier molecular flexibility index (Phi) is 2.86. The van der Waals surface area contributed by atoms with Gasteiger partial charge in [-0.05, 0) is 12.8 Å². The van der Waals surface area contributed by atoms with Gasteiger partial charge in [-0.25, -0.2) is 13.1 Å². The van der Waals surface area contributed by atoms with Crippen LogP contribution in [-0.2, 0) is 10.0 Å². The second-order valence-electron chi connectivity index (χ2n) is 2.78. The molecule has 1 fully saturated rings. The summed E-state index contributed by atoms with van der Waals surface area (Å²) < 4.78 is 24.4. The highest BCUT2D eigenvalue weighted by Gasteiger charge is 2.18. The van der Waals surface area contributed by atoms with Crippen molar-refractivity contribution >= 4 is 10.0 Å². The summed E-state index contributed by atoms with van der Waals surface area (Å²) >= 11 is 0. The van der Waals surface area contributed by atoms with Gasteiger partial charge in [0.1, 0.15) is 0 Å². The zero-order chi connectivity index (χ0) is 8.32. The SMILES string of the molecule is CCS(=O)(=O)NCC1CNC1. The lowest BCUT2D eigenvalue weighted by Gasteiger charge is -2.26. The van der Waals surface area contributed by atoms with Crippen molar-refractivity contribution in [1.82, 2.24) is 10.0 Å². The van der Waals surface area contributed by atoms with Crippen LogP contribution >= 0.6 is 0 Å². The third kappa shape index (κ3) is 2.76. The van der Waals surface area contributed by atoms with Crippen LogP contribution in [0.25, 0.3) is 0 Å². The zero-order valence-corrected chi connectivity index (χ0v) is 7.45. The second-order valence-corrected chi connectivity index (χ2v) is 4.87. The molecule has 0 radical (unpaired) electrons. The molecule has 0 aromatic carbocycles. The van der Waals surface area contributed by atoms with E-state index in [2.05, 4.69) is 10.0 Å². The van der Waals surface area contributed by atoms with Gasteiger partial charge in [0.05, 0.1) is 5.75 Å². The first-order chi connectivity index (χ1) is 5.14. The molecule has 66 valence electrons. The fourth-order valence-corrected chi connectivity index (χ4v) is 1.53. The Morgan fingerprint density at radius 2 is 2.18 bits per heavy atom. The number of hydrogen-bond donors (Lipinski definition) is 2. The van der Waals surface area contributed by atoms with E-state index in [1.165, 1.54) is 0 Å². The first-order valence-electron chi connectivity index (χ1n) is 3.82. The molecule has 2 N–H and O–H groups in total. The lowest BCUT2D eigenvalue weighted by Crippen LogP contribution is -2.48. The first kappa shape index (κ1) is 8.96. The smallest absolute Gasteiger partial charge is 0.211 e. The van der Waals surface area contributed by atoms with Crippen molar-refractivity contribution in [1.29, 1.82) is 0 Å². The Morgan fingerprint density at radius 1 is 1.55 bits per heavy atom. The van der Waals surface area contributed by atoms with Crippen molar-refractivity contribution in [2.45, 2.75) is 6.92 Å². The summed E-state index contributed by atoms with van der Waals surface area (Å²) in [6.07, 6.45) is 0. The summed E-state index contributed by atoms with van der Waals surface area (Å²) in [4.78, 5) is 0. The minimum atomic E-state index is -2.97. The van der Waals surface area contributed by atoms with Gasteiger partial charge < -0.3 is 5.32 Å². The van der Waals surface area contributed by atoms with Gasteiger partial charge in [-0.1, -0.05) is 0 Å². The minimum Gasteiger partial charge on any atom is -0.316 e. The van der Waals surface area contributed by atoms with Gasteiger partial charge in [0.15, 0.2) is 0 Å². The molecule has 1 heterocycles. The van der Waals surface area contributed by atoms with E-state index in [-0.39, 0.29) is 5.75 Å². The first-order valence-corrected chi connectivity index (χ1v) is 5.47. The quantitative estimate of drug-likeness (QED) is 0.589. The molecule has 4 nitrogen and oxygen atoms in total. The number of nitrogens with one attached hydrogen (secondary N) is 2. The number of rotatable bonds is 4. The van der Waals surface area contributed by atoms with Gasteiger partial charge in [-0.3, -0.25) is 0 Å². The van der Waals surface area contributed by atoms with Crippen molar-refractivity contribution in [2.75, 3.05) is 25.4 Å². The molecule has 11 heavy (non-hydrogen) atoms. The van der Waals surface area contributed by atoms with Crippen LogP contribution in [0.5, 0.6) is 0 Å². The van der Waals surface area contributed by atoms with Crippen molar-refractivity contribution in [3.05, 3.63) is 0 Å². The highest BCUT2D eigenvalue weighted by molar-refractivity contribution is 7.89. The number of hydrogen-bond acceptors (Lipinski definition) is 3. The fourth-order valence-electron chi connectivity index (χ4n) is 0.840. The Bertz CT molecular complexity index is 209. The maximum absolute atomic E-state index is 10.9. The van der Waals surface area contributed by atoms with Crippen LogP contribution in [0.15, 0.2) is 0 Å². The monoisotopic (exact) mass is 178 g/mol. The molecule has 0 amide bonds. The Balaban J connectivity index is 2.20. The minimum absolute atomic E-state index is 0.174. The molecule has 0 aliphatic carbocycles. The summed E-state index contributed by atoms with van der Waals surface area (Å²) in [5, 5.41) is 3.08. The van der Waals surface area contributed by atoms with E-state index in [1.807, 2.05) is 0 Å². The Morgan fingerprint density at radius 3 is 2.55 bits per heavy atom. The van der Waals surface area contributed by atoms with Crippen molar-refractivity contribution in [2.24, 2.45) is 5.92 Å². The topological polar surface area (TPSA) is 58.2 Å². The molecule has 1 rings (SSSR count). The van der Waals surface area contributed by atoms with Gasteiger partial charge >= 0.3 is 0 Å². The van der Waals surface area contributed by atoms with E-state index in [0.29, 0.717) is 12.5 Å². The van der Waals surface area contributed by atoms with Crippen LogP contribution in [0, 0.1) is 5.92 Å². The summed E-state index contributed by atoms with van der Waals surface area (Å²) in [6.45, 7) is 4.10. The third-order valence-electron chi connectivity index (χ3n) is 1.84.